The molecule has 106 valence electrons. The van der Waals surface area contributed by atoms with Crippen molar-refractivity contribution < 1.29 is 28.8 Å². The third-order valence-electron chi connectivity index (χ3n) is 2.69. The quantitative estimate of drug-likeness (QED) is 0.725. The molecular weight excluding hydrogens is 308 g/mol. The van der Waals surface area contributed by atoms with E-state index in [-0.39, 0.29) is 11.5 Å². The first-order chi connectivity index (χ1) is 9.27. The van der Waals surface area contributed by atoms with Crippen molar-refractivity contribution >= 4 is 31.6 Å². The molecule has 1 aliphatic heterocycles. The van der Waals surface area contributed by atoms with E-state index in [0.29, 0.717) is 16.3 Å². The Bertz CT molecular complexity index is 913. The third kappa shape index (κ3) is 2.19. The van der Waals surface area contributed by atoms with E-state index in [4.69, 9.17) is 8.37 Å². The Balaban J connectivity index is 2.46. The molecule has 1 aliphatic rings. The molecule has 3 rings (SSSR count). The minimum atomic E-state index is -4.79. The molecule has 1 heterocycles. The van der Waals surface area contributed by atoms with Crippen molar-refractivity contribution in [3.05, 3.63) is 35.9 Å². The van der Waals surface area contributed by atoms with Gasteiger partial charge >= 0.3 is 20.8 Å². The minimum absolute atomic E-state index is 0.00468. The van der Waals surface area contributed by atoms with Crippen LogP contribution in [0.5, 0.6) is 11.5 Å². The molecule has 0 aliphatic carbocycles. The third-order valence-corrected chi connectivity index (χ3v) is 4.77. The van der Waals surface area contributed by atoms with Crippen molar-refractivity contribution in [1.82, 2.24) is 0 Å². The number of hydrogen-bond donors (Lipinski definition) is 0. The lowest BCUT2D eigenvalue weighted by Gasteiger charge is -2.09. The van der Waals surface area contributed by atoms with Gasteiger partial charge < -0.3 is 8.37 Å². The molecule has 20 heavy (non-hydrogen) atoms. The molecule has 0 radical (unpaired) electrons. The zero-order valence-electron chi connectivity index (χ0n) is 10.1. The Labute approximate surface area is 115 Å². The van der Waals surface area contributed by atoms with Gasteiger partial charge in [-0.05, 0) is 18.6 Å². The van der Waals surface area contributed by atoms with E-state index in [9.17, 15) is 16.8 Å². The Hall–Kier alpha value is -1.84. The van der Waals surface area contributed by atoms with Crippen LogP contribution in [0.3, 0.4) is 0 Å². The van der Waals surface area contributed by atoms with E-state index in [1.165, 1.54) is 6.07 Å². The molecule has 0 saturated heterocycles. The fourth-order valence-electron chi connectivity index (χ4n) is 1.97. The second kappa shape index (κ2) is 4.08. The van der Waals surface area contributed by atoms with Crippen molar-refractivity contribution in [1.29, 1.82) is 0 Å². The molecule has 2 aromatic rings. The number of hydrogen-bond acceptors (Lipinski definition) is 7. The molecule has 9 heteroatoms. The van der Waals surface area contributed by atoms with Crippen LogP contribution in [0.15, 0.2) is 30.3 Å². The zero-order valence-corrected chi connectivity index (χ0v) is 11.7. The molecular formula is C11H8O7S2. The number of benzene rings is 2. The smallest absolute Gasteiger partial charge is 0.360 e. The number of rotatable bonds is 0. The van der Waals surface area contributed by atoms with E-state index in [1.807, 2.05) is 0 Å². The predicted molar refractivity (Wildman–Crippen MR) is 68.9 cm³/mol. The second-order valence-corrected chi connectivity index (χ2v) is 6.63. The summed E-state index contributed by atoms with van der Waals surface area (Å²) in [6.45, 7) is 1.57. The summed E-state index contributed by atoms with van der Waals surface area (Å²) in [5.74, 6) is -0.0207. The average Bonchev–Trinajstić information content (AvgIpc) is 2.37. The van der Waals surface area contributed by atoms with Crippen molar-refractivity contribution in [2.45, 2.75) is 6.92 Å². The summed E-state index contributed by atoms with van der Waals surface area (Å²) >= 11 is 0. The molecule has 7 nitrogen and oxygen atoms in total. The van der Waals surface area contributed by atoms with Gasteiger partial charge in [-0.15, -0.1) is 0 Å². The number of aryl methyl sites for hydroxylation is 1. The Morgan fingerprint density at radius 2 is 1.50 bits per heavy atom. The SMILES string of the molecule is Cc1cc2c3ccccc3c1OS(=O)(=O)OS(=O)(=O)O2. The van der Waals surface area contributed by atoms with Gasteiger partial charge in [0.1, 0.15) is 0 Å². The monoisotopic (exact) mass is 316 g/mol. The molecule has 0 atom stereocenters. The maximum Gasteiger partial charge on any atom is 0.466 e. The lowest BCUT2D eigenvalue weighted by molar-refractivity contribution is 0.355. The van der Waals surface area contributed by atoms with Gasteiger partial charge in [0, 0.05) is 10.8 Å². The molecule has 0 N–H and O–H groups in total. The van der Waals surface area contributed by atoms with E-state index < -0.39 is 20.8 Å². The Morgan fingerprint density at radius 1 is 0.900 bits per heavy atom. The molecule has 0 spiro atoms. The Morgan fingerprint density at radius 3 is 2.20 bits per heavy atom. The molecule has 0 aromatic heterocycles. The first-order valence-electron chi connectivity index (χ1n) is 5.40. The maximum atomic E-state index is 11.6. The fraction of sp³-hybridized carbons (Fsp3) is 0.0909. The van der Waals surface area contributed by atoms with Crippen LogP contribution in [0.1, 0.15) is 5.56 Å². The molecule has 0 amide bonds. The van der Waals surface area contributed by atoms with Crippen LogP contribution < -0.4 is 8.37 Å². The van der Waals surface area contributed by atoms with E-state index >= 15 is 0 Å². The van der Waals surface area contributed by atoms with Crippen molar-refractivity contribution in [3.63, 3.8) is 0 Å². The van der Waals surface area contributed by atoms with Crippen molar-refractivity contribution in [2.75, 3.05) is 0 Å². The summed E-state index contributed by atoms with van der Waals surface area (Å²) in [4.78, 5) is 0. The maximum absolute atomic E-state index is 11.6. The highest BCUT2D eigenvalue weighted by molar-refractivity contribution is 7.95. The molecule has 0 saturated carbocycles. The highest BCUT2D eigenvalue weighted by Crippen LogP contribution is 2.39. The van der Waals surface area contributed by atoms with Gasteiger partial charge in [0.25, 0.3) is 0 Å². The van der Waals surface area contributed by atoms with Crippen LogP contribution in [-0.2, 0) is 24.4 Å². The normalized spacial score (nSPS) is 19.4. The standard InChI is InChI=1S/C11H8O7S2/c1-7-6-10-8-4-2-3-5-9(8)11(7)17-20(14,15)18-19(12,13)16-10/h2-6H,1H3. The van der Waals surface area contributed by atoms with Gasteiger partial charge in [-0.25, -0.2) is 0 Å². The van der Waals surface area contributed by atoms with Gasteiger partial charge in [-0.3, -0.25) is 0 Å². The minimum Gasteiger partial charge on any atom is -0.360 e. The van der Waals surface area contributed by atoms with Crippen LogP contribution >= 0.6 is 0 Å². The first kappa shape index (κ1) is 13.2. The largest absolute Gasteiger partial charge is 0.466 e. The predicted octanol–water partition coefficient (Wildman–Crippen LogP) is 1.43. The first-order valence-corrected chi connectivity index (χ1v) is 8.06. The van der Waals surface area contributed by atoms with Crippen LogP contribution in [0.2, 0.25) is 0 Å². The lowest BCUT2D eigenvalue weighted by Crippen LogP contribution is -2.21. The van der Waals surface area contributed by atoms with Gasteiger partial charge in [0.05, 0.1) is 0 Å². The van der Waals surface area contributed by atoms with Gasteiger partial charge in [-0.1, -0.05) is 27.9 Å². The van der Waals surface area contributed by atoms with Gasteiger partial charge in [-0.2, -0.15) is 16.8 Å². The molecule has 0 unspecified atom stereocenters. The summed E-state index contributed by atoms with van der Waals surface area (Å²) in [7, 11) is -9.57. The summed E-state index contributed by atoms with van der Waals surface area (Å²) in [5.41, 5.74) is 0.406. The van der Waals surface area contributed by atoms with E-state index in [0.717, 1.165) is 0 Å². The topological polar surface area (TPSA) is 96.0 Å². The highest BCUT2D eigenvalue weighted by Gasteiger charge is 2.32. The fourth-order valence-corrected chi connectivity index (χ4v) is 3.79. The summed E-state index contributed by atoms with van der Waals surface area (Å²) in [5, 5.41) is 0.809. The Kier molecular flexibility index (Phi) is 2.68. The van der Waals surface area contributed by atoms with Gasteiger partial charge in [0.2, 0.25) is 0 Å². The van der Waals surface area contributed by atoms with Crippen LogP contribution in [0.25, 0.3) is 10.8 Å². The summed E-state index contributed by atoms with van der Waals surface area (Å²) < 4.78 is 59.6. The van der Waals surface area contributed by atoms with Crippen LogP contribution in [-0.4, -0.2) is 16.8 Å². The molecule has 2 bridgehead atoms. The second-order valence-electron chi connectivity index (χ2n) is 4.12. The van der Waals surface area contributed by atoms with Crippen LogP contribution in [0.4, 0.5) is 0 Å². The summed E-state index contributed by atoms with van der Waals surface area (Å²) in [6, 6.07) is 7.88. The van der Waals surface area contributed by atoms with E-state index in [1.54, 1.807) is 31.2 Å². The lowest BCUT2D eigenvalue weighted by atomic mass is 10.1. The zero-order chi connectivity index (χ0) is 14.5. The molecule has 0 fully saturated rings. The molecule has 2 aromatic carbocycles. The summed E-state index contributed by atoms with van der Waals surface area (Å²) in [6.07, 6.45) is 0. The van der Waals surface area contributed by atoms with Crippen molar-refractivity contribution in [2.24, 2.45) is 0 Å². The highest BCUT2D eigenvalue weighted by atomic mass is 32.3. The van der Waals surface area contributed by atoms with Crippen molar-refractivity contribution in [3.8, 4) is 11.5 Å². The van der Waals surface area contributed by atoms with Crippen LogP contribution in [0, 0.1) is 6.92 Å². The van der Waals surface area contributed by atoms with E-state index in [2.05, 4.69) is 3.63 Å². The van der Waals surface area contributed by atoms with Gasteiger partial charge in [0.15, 0.2) is 11.5 Å². The average molecular weight is 316 g/mol.